The van der Waals surface area contributed by atoms with Crippen LogP contribution in [0.2, 0.25) is 0 Å². The molecule has 3 heteroatoms. The van der Waals surface area contributed by atoms with Gasteiger partial charge >= 0.3 is 0 Å². The zero-order valence-electron chi connectivity index (χ0n) is 28.9. The van der Waals surface area contributed by atoms with E-state index < -0.39 is 0 Å². The Morgan fingerprint density at radius 2 is 1.16 bits per heavy atom. The highest BCUT2D eigenvalue weighted by atomic mass is 32.1. The smallest absolute Gasteiger partial charge is 0.155 e. The summed E-state index contributed by atoms with van der Waals surface area (Å²) in [7, 11) is 0. The number of aliphatic imine (C=N–C) groups is 2. The van der Waals surface area contributed by atoms with E-state index in [-0.39, 0.29) is 0 Å². The maximum absolute atomic E-state index is 5.20. The lowest BCUT2D eigenvalue weighted by Gasteiger charge is -2.10. The van der Waals surface area contributed by atoms with Crippen molar-refractivity contribution in [3.05, 3.63) is 192 Å². The SMILES string of the molecule is CCc1ccccc1-c1ccc(-c2ccc(C(N=C(C)c3cccc(-c4ccccc4)c3)=NCc3ccc4c(c3)sc3ccccc34)cc2)cc1. The summed E-state index contributed by atoms with van der Waals surface area (Å²) in [4.78, 5) is 10.4. The largest absolute Gasteiger partial charge is 0.261 e. The third-order valence-corrected chi connectivity index (χ3v) is 10.7. The lowest BCUT2D eigenvalue weighted by molar-refractivity contribution is 1.07. The molecule has 0 aliphatic heterocycles. The minimum Gasteiger partial charge on any atom is -0.261 e. The summed E-state index contributed by atoms with van der Waals surface area (Å²) in [5.74, 6) is 0.729. The molecule has 8 rings (SSSR count). The van der Waals surface area contributed by atoms with Gasteiger partial charge in [-0.25, -0.2) is 4.99 Å². The molecule has 0 saturated heterocycles. The van der Waals surface area contributed by atoms with Crippen LogP contribution in [-0.2, 0) is 13.0 Å². The Morgan fingerprint density at radius 1 is 0.510 bits per heavy atom. The van der Waals surface area contributed by atoms with E-state index in [9.17, 15) is 0 Å². The van der Waals surface area contributed by atoms with Crippen molar-refractivity contribution in [3.8, 4) is 33.4 Å². The fourth-order valence-corrected chi connectivity index (χ4v) is 7.94. The average molecular weight is 675 g/mol. The van der Waals surface area contributed by atoms with Gasteiger partial charge in [0, 0.05) is 31.4 Å². The molecule has 0 unspecified atom stereocenters. The fraction of sp³-hybridized carbons (Fsp3) is 0.0833. The number of benzene rings is 7. The molecule has 7 aromatic carbocycles. The van der Waals surface area contributed by atoms with E-state index in [1.807, 2.05) is 17.4 Å². The van der Waals surface area contributed by atoms with Crippen LogP contribution in [0.5, 0.6) is 0 Å². The minimum atomic E-state index is 0.544. The van der Waals surface area contributed by atoms with Gasteiger partial charge in [-0.3, -0.25) is 4.99 Å². The Morgan fingerprint density at radius 3 is 1.96 bits per heavy atom. The fourth-order valence-electron chi connectivity index (χ4n) is 6.77. The topological polar surface area (TPSA) is 24.7 Å². The molecular formula is C48H38N2S. The first-order chi connectivity index (χ1) is 25.1. The highest BCUT2D eigenvalue weighted by Crippen LogP contribution is 2.34. The second kappa shape index (κ2) is 14.5. The molecule has 0 spiro atoms. The van der Waals surface area contributed by atoms with Gasteiger partial charge in [-0.15, -0.1) is 11.3 Å². The molecule has 0 aliphatic carbocycles. The third kappa shape index (κ3) is 6.94. The standard InChI is InChI=1S/C48H38N2S/c1-3-35-12-7-8-17-43(35)39-25-21-37(22-26-39)38-23-27-40(28-24-38)48(50-33(2)41-15-11-16-42(31-41)36-13-5-4-6-14-36)49-32-34-20-29-45-44-18-9-10-19-46(44)51-47(45)30-34/h4-31H,3,32H2,1-2H3. The Balaban J connectivity index is 1.12. The first kappa shape index (κ1) is 32.3. The molecule has 2 nitrogen and oxygen atoms in total. The predicted molar refractivity (Wildman–Crippen MR) is 220 cm³/mol. The number of rotatable bonds is 8. The van der Waals surface area contributed by atoms with E-state index in [4.69, 9.17) is 9.98 Å². The Bertz CT molecular complexity index is 2520. The summed E-state index contributed by atoms with van der Waals surface area (Å²) >= 11 is 1.84. The van der Waals surface area contributed by atoms with E-state index in [1.54, 1.807) is 0 Å². The minimum absolute atomic E-state index is 0.544. The van der Waals surface area contributed by atoms with E-state index in [2.05, 4.69) is 178 Å². The zero-order valence-corrected chi connectivity index (χ0v) is 29.7. The van der Waals surface area contributed by atoms with Crippen molar-refractivity contribution in [2.24, 2.45) is 9.98 Å². The van der Waals surface area contributed by atoms with Crippen LogP contribution in [0, 0.1) is 0 Å². The van der Waals surface area contributed by atoms with Crippen molar-refractivity contribution in [1.29, 1.82) is 0 Å². The number of thiophene rings is 1. The second-order valence-corrected chi connectivity index (χ2v) is 14.0. The summed E-state index contributed by atoms with van der Waals surface area (Å²) in [6.45, 7) is 4.84. The molecular weight excluding hydrogens is 637 g/mol. The van der Waals surface area contributed by atoms with Crippen LogP contribution in [0.1, 0.15) is 36.1 Å². The van der Waals surface area contributed by atoms with Gasteiger partial charge < -0.3 is 0 Å². The molecule has 0 amide bonds. The van der Waals surface area contributed by atoms with Crippen molar-refractivity contribution in [2.45, 2.75) is 26.8 Å². The molecule has 0 atom stereocenters. The second-order valence-electron chi connectivity index (χ2n) is 12.9. The number of hydrogen-bond donors (Lipinski definition) is 0. The van der Waals surface area contributed by atoms with Crippen LogP contribution in [-0.4, -0.2) is 11.5 Å². The molecule has 0 bridgehead atoms. The quantitative estimate of drug-likeness (QED) is 0.113. The maximum atomic E-state index is 5.20. The molecule has 1 heterocycles. The van der Waals surface area contributed by atoms with Crippen LogP contribution in [0.4, 0.5) is 0 Å². The number of amidine groups is 1. The number of aryl methyl sites for hydroxylation is 1. The summed E-state index contributed by atoms with van der Waals surface area (Å²) in [5, 5.41) is 2.61. The highest BCUT2D eigenvalue weighted by Gasteiger charge is 2.10. The molecule has 51 heavy (non-hydrogen) atoms. The summed E-state index contributed by atoms with van der Waals surface area (Å²) in [5.41, 5.74) is 12.8. The molecule has 0 aliphatic rings. The van der Waals surface area contributed by atoms with E-state index >= 15 is 0 Å². The lowest BCUT2D eigenvalue weighted by atomic mass is 9.96. The summed E-state index contributed by atoms with van der Waals surface area (Å²) < 4.78 is 2.60. The van der Waals surface area contributed by atoms with Gasteiger partial charge in [-0.2, -0.15) is 0 Å². The van der Waals surface area contributed by atoms with Crippen LogP contribution < -0.4 is 0 Å². The predicted octanol–water partition coefficient (Wildman–Crippen LogP) is 13.1. The van der Waals surface area contributed by atoms with E-state index in [0.717, 1.165) is 29.1 Å². The van der Waals surface area contributed by atoms with E-state index in [1.165, 1.54) is 64.7 Å². The van der Waals surface area contributed by atoms with E-state index in [0.29, 0.717) is 6.54 Å². The first-order valence-corrected chi connectivity index (χ1v) is 18.4. The lowest BCUT2D eigenvalue weighted by Crippen LogP contribution is -2.05. The number of nitrogens with zero attached hydrogens (tertiary/aromatic N) is 2. The van der Waals surface area contributed by atoms with Crippen LogP contribution >= 0.6 is 11.3 Å². The van der Waals surface area contributed by atoms with Crippen LogP contribution in [0.3, 0.4) is 0 Å². The average Bonchev–Trinajstić information content (AvgIpc) is 3.58. The Kier molecular flexibility index (Phi) is 9.20. The summed E-state index contributed by atoms with van der Waals surface area (Å²) in [6, 6.07) is 60.7. The van der Waals surface area contributed by atoms with Crippen LogP contribution in [0.25, 0.3) is 53.6 Å². The molecule has 1 aromatic heterocycles. The van der Waals surface area contributed by atoms with Crippen molar-refractivity contribution < 1.29 is 0 Å². The Labute approximate surface area is 304 Å². The summed E-state index contributed by atoms with van der Waals surface area (Å²) in [6.07, 6.45) is 1.02. The zero-order chi connectivity index (χ0) is 34.6. The van der Waals surface area contributed by atoms with Gasteiger partial charge in [0.15, 0.2) is 5.84 Å². The van der Waals surface area contributed by atoms with Crippen molar-refractivity contribution >= 4 is 43.1 Å². The molecule has 0 fully saturated rings. The molecule has 0 saturated carbocycles. The van der Waals surface area contributed by atoms with Gasteiger partial charge in [-0.1, -0.05) is 159 Å². The van der Waals surface area contributed by atoms with Gasteiger partial charge in [0.2, 0.25) is 0 Å². The monoisotopic (exact) mass is 674 g/mol. The number of fused-ring (bicyclic) bond motifs is 3. The van der Waals surface area contributed by atoms with Crippen molar-refractivity contribution in [1.82, 2.24) is 0 Å². The number of hydrogen-bond acceptors (Lipinski definition) is 2. The van der Waals surface area contributed by atoms with Crippen LogP contribution in [0.15, 0.2) is 180 Å². The van der Waals surface area contributed by atoms with Gasteiger partial charge in [-0.05, 0) is 81.6 Å². The molecule has 8 aromatic rings. The first-order valence-electron chi connectivity index (χ1n) is 17.6. The van der Waals surface area contributed by atoms with Crippen molar-refractivity contribution in [2.75, 3.05) is 0 Å². The third-order valence-electron chi connectivity index (χ3n) is 9.59. The van der Waals surface area contributed by atoms with Gasteiger partial charge in [0.05, 0.1) is 6.54 Å². The van der Waals surface area contributed by atoms with Gasteiger partial charge in [0.1, 0.15) is 0 Å². The molecule has 0 N–H and O–H groups in total. The highest BCUT2D eigenvalue weighted by molar-refractivity contribution is 7.25. The Hall–Kier alpha value is -5.90. The maximum Gasteiger partial charge on any atom is 0.155 e. The molecule has 0 radical (unpaired) electrons. The van der Waals surface area contributed by atoms with Gasteiger partial charge in [0.25, 0.3) is 0 Å². The normalized spacial score (nSPS) is 12.1. The van der Waals surface area contributed by atoms with Crippen molar-refractivity contribution in [3.63, 3.8) is 0 Å². The molecule has 246 valence electrons.